The van der Waals surface area contributed by atoms with Crippen LogP contribution in [-0.4, -0.2) is 10.6 Å². The number of nitrogens with zero attached hydrogens (tertiary/aromatic N) is 1. The van der Waals surface area contributed by atoms with Gasteiger partial charge in [0.05, 0.1) is 11.3 Å². The van der Waals surface area contributed by atoms with Gasteiger partial charge in [-0.2, -0.15) is 13.2 Å². The molecule has 3 rings (SSSR count). The molecule has 0 amide bonds. The minimum atomic E-state index is -4.35. The van der Waals surface area contributed by atoms with Gasteiger partial charge in [-0.15, -0.1) is 0 Å². The highest BCUT2D eigenvalue weighted by atomic mass is 19.4. The minimum Gasteiger partial charge on any atom is -0.319 e. The van der Waals surface area contributed by atoms with E-state index in [-0.39, 0.29) is 5.69 Å². The first-order chi connectivity index (χ1) is 10.6. The monoisotopic (exact) mass is 308 g/mol. The second-order valence-corrected chi connectivity index (χ2v) is 5.75. The Morgan fingerprint density at radius 1 is 1.05 bits per heavy atom. The molecule has 1 aliphatic rings. The van der Waals surface area contributed by atoms with E-state index < -0.39 is 11.7 Å². The van der Waals surface area contributed by atoms with Crippen LogP contribution >= 0.6 is 0 Å². The predicted molar refractivity (Wildman–Crippen MR) is 79.9 cm³/mol. The van der Waals surface area contributed by atoms with Crippen molar-refractivity contribution < 1.29 is 13.2 Å². The Bertz CT molecular complexity index is 625. The molecule has 118 valence electrons. The van der Waals surface area contributed by atoms with Gasteiger partial charge in [-0.1, -0.05) is 25.0 Å². The average molecular weight is 308 g/mol. The van der Waals surface area contributed by atoms with E-state index in [1.54, 1.807) is 22.9 Å². The second kappa shape index (κ2) is 6.16. The van der Waals surface area contributed by atoms with E-state index in [0.29, 0.717) is 12.6 Å². The van der Waals surface area contributed by atoms with Crippen molar-refractivity contribution in [2.45, 2.75) is 44.4 Å². The molecule has 22 heavy (non-hydrogen) atoms. The molecule has 1 heterocycles. The summed E-state index contributed by atoms with van der Waals surface area (Å²) in [4.78, 5) is 0. The van der Waals surface area contributed by atoms with Gasteiger partial charge in [-0.25, -0.2) is 0 Å². The first-order valence-electron chi connectivity index (χ1n) is 7.62. The van der Waals surface area contributed by atoms with Crippen molar-refractivity contribution in [1.29, 1.82) is 0 Å². The third-order valence-electron chi connectivity index (χ3n) is 4.23. The van der Waals surface area contributed by atoms with Crippen LogP contribution < -0.4 is 5.32 Å². The summed E-state index contributed by atoms with van der Waals surface area (Å²) in [6.45, 7) is 0.587. The summed E-state index contributed by atoms with van der Waals surface area (Å²) >= 11 is 0. The molecule has 2 aromatic rings. The molecule has 1 aromatic carbocycles. The number of alkyl halides is 3. The Labute approximate surface area is 128 Å². The molecule has 1 N–H and O–H groups in total. The predicted octanol–water partition coefficient (Wildman–Crippen LogP) is 4.53. The van der Waals surface area contributed by atoms with Crippen LogP contribution in [0.3, 0.4) is 0 Å². The maximum absolute atomic E-state index is 13.2. The molecular formula is C17H19F3N2. The van der Waals surface area contributed by atoms with Crippen molar-refractivity contribution in [3.05, 3.63) is 53.9 Å². The summed E-state index contributed by atoms with van der Waals surface area (Å²) in [5.74, 6) is 0. The van der Waals surface area contributed by atoms with Gasteiger partial charge in [0, 0.05) is 24.5 Å². The Hall–Kier alpha value is -1.75. The average Bonchev–Trinajstić information content (AvgIpc) is 3.15. The summed E-state index contributed by atoms with van der Waals surface area (Å²) in [5.41, 5.74) is 0.431. The number of hydrogen-bond donors (Lipinski definition) is 1. The van der Waals surface area contributed by atoms with Crippen molar-refractivity contribution in [3.8, 4) is 5.69 Å². The lowest BCUT2D eigenvalue weighted by atomic mass is 10.1. The smallest absolute Gasteiger partial charge is 0.319 e. The van der Waals surface area contributed by atoms with Crippen LogP contribution in [0, 0.1) is 0 Å². The zero-order chi connectivity index (χ0) is 15.6. The highest BCUT2D eigenvalue weighted by Crippen LogP contribution is 2.34. The summed E-state index contributed by atoms with van der Waals surface area (Å²) in [6, 6.07) is 9.85. The van der Waals surface area contributed by atoms with Crippen molar-refractivity contribution in [2.75, 3.05) is 0 Å². The van der Waals surface area contributed by atoms with Crippen LogP contribution in [0.4, 0.5) is 13.2 Å². The van der Waals surface area contributed by atoms with E-state index in [9.17, 15) is 13.2 Å². The molecule has 0 saturated heterocycles. The number of halogens is 3. The summed E-state index contributed by atoms with van der Waals surface area (Å²) in [7, 11) is 0. The fourth-order valence-corrected chi connectivity index (χ4v) is 3.10. The first-order valence-corrected chi connectivity index (χ1v) is 7.62. The Balaban J connectivity index is 1.85. The van der Waals surface area contributed by atoms with Crippen LogP contribution in [0.5, 0.6) is 0 Å². The van der Waals surface area contributed by atoms with E-state index in [4.69, 9.17) is 0 Å². The van der Waals surface area contributed by atoms with Gasteiger partial charge in [0.2, 0.25) is 0 Å². The minimum absolute atomic E-state index is 0.184. The fourth-order valence-electron chi connectivity index (χ4n) is 3.10. The summed E-state index contributed by atoms with van der Waals surface area (Å²) in [5, 5.41) is 3.45. The molecule has 1 aromatic heterocycles. The number of benzene rings is 1. The number of para-hydroxylation sites is 1. The Morgan fingerprint density at radius 3 is 2.50 bits per heavy atom. The molecule has 0 spiro atoms. The molecular weight excluding hydrogens is 289 g/mol. The Kier molecular flexibility index (Phi) is 4.25. The van der Waals surface area contributed by atoms with Gasteiger partial charge in [0.25, 0.3) is 0 Å². The Morgan fingerprint density at radius 2 is 1.77 bits per heavy atom. The van der Waals surface area contributed by atoms with Gasteiger partial charge < -0.3 is 9.88 Å². The maximum atomic E-state index is 13.2. The van der Waals surface area contributed by atoms with Gasteiger partial charge >= 0.3 is 6.18 Å². The van der Waals surface area contributed by atoms with Crippen LogP contribution in [-0.2, 0) is 12.7 Å². The number of hydrogen-bond acceptors (Lipinski definition) is 1. The molecule has 0 radical (unpaired) electrons. The van der Waals surface area contributed by atoms with Gasteiger partial charge in [0.15, 0.2) is 0 Å². The van der Waals surface area contributed by atoms with E-state index in [0.717, 1.165) is 24.6 Å². The standard InChI is InChI=1S/C17H19F3N2/c18-17(19,20)15-9-3-4-10-16(15)22-11-5-8-14(22)12-21-13-6-1-2-7-13/h3-5,8-11,13,21H,1-2,6-7,12H2. The molecule has 0 atom stereocenters. The molecule has 5 heteroatoms. The molecule has 0 aliphatic heterocycles. The summed E-state index contributed by atoms with van der Waals surface area (Å²) < 4.78 is 41.2. The lowest BCUT2D eigenvalue weighted by Gasteiger charge is -2.17. The van der Waals surface area contributed by atoms with Crippen molar-refractivity contribution in [3.63, 3.8) is 0 Å². The van der Waals surface area contributed by atoms with E-state index in [2.05, 4.69) is 5.32 Å². The lowest BCUT2D eigenvalue weighted by Crippen LogP contribution is -2.26. The number of rotatable bonds is 4. The highest BCUT2D eigenvalue weighted by molar-refractivity contribution is 5.44. The fraction of sp³-hybridized carbons (Fsp3) is 0.412. The van der Waals surface area contributed by atoms with E-state index in [1.807, 2.05) is 6.07 Å². The molecule has 1 saturated carbocycles. The van der Waals surface area contributed by atoms with E-state index in [1.165, 1.54) is 25.0 Å². The highest BCUT2D eigenvalue weighted by Gasteiger charge is 2.33. The first kappa shape index (κ1) is 15.2. The zero-order valence-electron chi connectivity index (χ0n) is 12.2. The van der Waals surface area contributed by atoms with Crippen molar-refractivity contribution in [1.82, 2.24) is 9.88 Å². The zero-order valence-corrected chi connectivity index (χ0v) is 12.2. The molecule has 0 unspecified atom stereocenters. The molecule has 2 nitrogen and oxygen atoms in total. The van der Waals surface area contributed by atoms with Crippen LogP contribution in [0.15, 0.2) is 42.6 Å². The second-order valence-electron chi connectivity index (χ2n) is 5.75. The van der Waals surface area contributed by atoms with E-state index >= 15 is 0 Å². The van der Waals surface area contributed by atoms with Gasteiger partial charge in [-0.05, 0) is 37.1 Å². The van der Waals surface area contributed by atoms with Crippen molar-refractivity contribution >= 4 is 0 Å². The largest absolute Gasteiger partial charge is 0.418 e. The molecule has 0 bridgehead atoms. The third-order valence-corrected chi connectivity index (χ3v) is 4.23. The third kappa shape index (κ3) is 3.19. The normalized spacial score (nSPS) is 16.3. The SMILES string of the molecule is FC(F)(F)c1ccccc1-n1cccc1CNC1CCCC1. The van der Waals surface area contributed by atoms with Crippen LogP contribution in [0.2, 0.25) is 0 Å². The van der Waals surface area contributed by atoms with Gasteiger partial charge in [-0.3, -0.25) is 0 Å². The van der Waals surface area contributed by atoms with Crippen molar-refractivity contribution in [2.24, 2.45) is 0 Å². The molecule has 1 fully saturated rings. The van der Waals surface area contributed by atoms with Crippen LogP contribution in [0.1, 0.15) is 36.9 Å². The van der Waals surface area contributed by atoms with Crippen LogP contribution in [0.25, 0.3) is 5.69 Å². The maximum Gasteiger partial charge on any atom is 0.418 e. The van der Waals surface area contributed by atoms with Gasteiger partial charge in [0.1, 0.15) is 0 Å². The topological polar surface area (TPSA) is 17.0 Å². The lowest BCUT2D eigenvalue weighted by molar-refractivity contribution is -0.137. The number of nitrogens with one attached hydrogen (secondary N) is 1. The quantitative estimate of drug-likeness (QED) is 0.878. The number of aromatic nitrogens is 1. The summed E-state index contributed by atoms with van der Waals surface area (Å²) in [6.07, 6.45) is 2.11. The molecule has 1 aliphatic carbocycles.